The van der Waals surface area contributed by atoms with Gasteiger partial charge in [0.05, 0.1) is 35.4 Å². The zero-order valence-electron chi connectivity index (χ0n) is 12.0. The van der Waals surface area contributed by atoms with Gasteiger partial charge in [0.25, 0.3) is 0 Å². The summed E-state index contributed by atoms with van der Waals surface area (Å²) in [6, 6.07) is 6.06. The van der Waals surface area contributed by atoms with Crippen LogP contribution in [0.4, 0.5) is 5.69 Å². The molecule has 2 aromatic rings. The van der Waals surface area contributed by atoms with Gasteiger partial charge in [0.2, 0.25) is 0 Å². The molecule has 0 amide bonds. The van der Waals surface area contributed by atoms with Gasteiger partial charge in [-0.2, -0.15) is 0 Å². The van der Waals surface area contributed by atoms with Crippen molar-refractivity contribution in [2.75, 3.05) is 19.0 Å². The Morgan fingerprint density at radius 1 is 1.40 bits per heavy atom. The number of rotatable bonds is 6. The Kier molecular flexibility index (Phi) is 5.04. The van der Waals surface area contributed by atoms with E-state index in [0.29, 0.717) is 17.5 Å². The van der Waals surface area contributed by atoms with Crippen LogP contribution in [0.1, 0.15) is 13.8 Å². The molecule has 1 aromatic carbocycles. The lowest BCUT2D eigenvalue weighted by Crippen LogP contribution is -2.30. The topological polar surface area (TPSA) is 39.1 Å². The maximum atomic E-state index is 6.34. The average molecular weight is 294 g/mol. The van der Waals surface area contributed by atoms with Gasteiger partial charge >= 0.3 is 0 Å². The monoisotopic (exact) mass is 293 g/mol. The van der Waals surface area contributed by atoms with Crippen molar-refractivity contribution in [1.82, 2.24) is 9.55 Å². The number of ether oxygens (including phenoxy) is 1. The molecule has 1 heterocycles. The molecule has 20 heavy (non-hydrogen) atoms. The van der Waals surface area contributed by atoms with E-state index in [4.69, 9.17) is 16.3 Å². The minimum atomic E-state index is 0.223. The molecule has 1 aromatic heterocycles. The van der Waals surface area contributed by atoms with E-state index < -0.39 is 0 Å². The summed E-state index contributed by atoms with van der Waals surface area (Å²) >= 11 is 6.34. The Balaban J connectivity index is 2.34. The second kappa shape index (κ2) is 6.77. The van der Waals surface area contributed by atoms with E-state index >= 15 is 0 Å². The molecule has 1 atom stereocenters. The molecule has 0 spiro atoms. The Morgan fingerprint density at radius 2 is 2.20 bits per heavy atom. The first-order valence-corrected chi connectivity index (χ1v) is 7.03. The van der Waals surface area contributed by atoms with E-state index in [1.54, 1.807) is 19.6 Å². The van der Waals surface area contributed by atoms with Crippen molar-refractivity contribution in [1.29, 1.82) is 0 Å². The van der Waals surface area contributed by atoms with Crippen molar-refractivity contribution < 1.29 is 4.74 Å². The molecule has 0 saturated heterocycles. The van der Waals surface area contributed by atoms with Crippen LogP contribution in [0.25, 0.3) is 5.69 Å². The number of imidazole rings is 1. The van der Waals surface area contributed by atoms with Crippen LogP contribution < -0.4 is 5.32 Å². The molecule has 2 rings (SSSR count). The van der Waals surface area contributed by atoms with Crippen LogP contribution in [0.3, 0.4) is 0 Å². The first-order valence-electron chi connectivity index (χ1n) is 6.65. The maximum absolute atomic E-state index is 6.34. The van der Waals surface area contributed by atoms with Crippen LogP contribution >= 0.6 is 11.6 Å². The van der Waals surface area contributed by atoms with Crippen LogP contribution in [0, 0.1) is 5.92 Å². The Hall–Kier alpha value is -1.52. The zero-order chi connectivity index (χ0) is 14.5. The van der Waals surface area contributed by atoms with E-state index in [1.165, 1.54) is 0 Å². The summed E-state index contributed by atoms with van der Waals surface area (Å²) < 4.78 is 7.20. The molecule has 0 aliphatic carbocycles. The Bertz CT molecular complexity index is 540. The smallest absolute Gasteiger partial charge is 0.0992 e. The van der Waals surface area contributed by atoms with Crippen molar-refractivity contribution in [3.05, 3.63) is 41.9 Å². The van der Waals surface area contributed by atoms with Crippen molar-refractivity contribution in [2.45, 2.75) is 19.9 Å². The lowest BCUT2D eigenvalue weighted by atomic mass is 10.0. The van der Waals surface area contributed by atoms with E-state index in [9.17, 15) is 0 Å². The normalized spacial score (nSPS) is 12.7. The number of para-hydroxylation sites is 1. The first-order chi connectivity index (χ1) is 9.63. The van der Waals surface area contributed by atoms with Gasteiger partial charge in [-0.15, -0.1) is 0 Å². The highest BCUT2D eigenvalue weighted by Crippen LogP contribution is 2.29. The van der Waals surface area contributed by atoms with E-state index in [2.05, 4.69) is 24.1 Å². The van der Waals surface area contributed by atoms with Gasteiger partial charge in [-0.1, -0.05) is 31.5 Å². The Morgan fingerprint density at radius 3 is 2.80 bits per heavy atom. The van der Waals surface area contributed by atoms with E-state index in [0.717, 1.165) is 11.4 Å². The number of nitrogens with zero attached hydrogens (tertiary/aromatic N) is 2. The summed E-state index contributed by atoms with van der Waals surface area (Å²) in [6.45, 7) is 4.98. The minimum Gasteiger partial charge on any atom is -0.383 e. The predicted molar refractivity (Wildman–Crippen MR) is 82.7 cm³/mol. The standard InChI is InChI=1S/C15H20ClN3O/c1-11(2)14(9-20-3)18-13-6-4-5-12(16)15(13)19-8-7-17-10-19/h4-8,10-11,14,18H,9H2,1-3H3. The van der Waals surface area contributed by atoms with Gasteiger partial charge in [0.15, 0.2) is 0 Å². The molecule has 4 nitrogen and oxygen atoms in total. The number of benzene rings is 1. The lowest BCUT2D eigenvalue weighted by molar-refractivity contribution is 0.171. The zero-order valence-corrected chi connectivity index (χ0v) is 12.8. The molecule has 0 bridgehead atoms. The van der Waals surface area contributed by atoms with Crippen LogP contribution in [0.15, 0.2) is 36.9 Å². The number of anilines is 1. The minimum absolute atomic E-state index is 0.223. The molecule has 0 aliphatic heterocycles. The summed E-state index contributed by atoms with van der Waals surface area (Å²) in [5.74, 6) is 0.449. The molecule has 0 saturated carbocycles. The largest absolute Gasteiger partial charge is 0.383 e. The molecule has 1 unspecified atom stereocenters. The summed E-state index contributed by atoms with van der Waals surface area (Å²) in [5, 5.41) is 4.21. The number of aromatic nitrogens is 2. The van der Waals surface area contributed by atoms with Crippen molar-refractivity contribution in [3.8, 4) is 5.69 Å². The summed E-state index contributed by atoms with van der Waals surface area (Å²) in [7, 11) is 1.71. The summed E-state index contributed by atoms with van der Waals surface area (Å²) in [5.41, 5.74) is 1.89. The van der Waals surface area contributed by atoms with Gasteiger partial charge in [0.1, 0.15) is 0 Å². The van der Waals surface area contributed by atoms with Gasteiger partial charge in [0, 0.05) is 19.5 Å². The summed E-state index contributed by atoms with van der Waals surface area (Å²) in [4.78, 5) is 4.08. The Labute approximate surface area is 124 Å². The number of nitrogens with one attached hydrogen (secondary N) is 1. The van der Waals surface area contributed by atoms with Gasteiger partial charge in [-0.05, 0) is 18.1 Å². The maximum Gasteiger partial charge on any atom is 0.0992 e. The van der Waals surface area contributed by atoms with E-state index in [-0.39, 0.29) is 6.04 Å². The SMILES string of the molecule is COCC(Nc1cccc(Cl)c1-n1ccnc1)C(C)C. The van der Waals surface area contributed by atoms with Crippen LogP contribution in [0.2, 0.25) is 5.02 Å². The lowest BCUT2D eigenvalue weighted by Gasteiger charge is -2.24. The van der Waals surface area contributed by atoms with Crippen LogP contribution in [-0.4, -0.2) is 29.3 Å². The van der Waals surface area contributed by atoms with E-state index in [1.807, 2.05) is 29.0 Å². The van der Waals surface area contributed by atoms with Crippen LogP contribution in [-0.2, 0) is 4.74 Å². The number of hydrogen-bond acceptors (Lipinski definition) is 3. The predicted octanol–water partition coefficient (Wildman–Crippen LogP) is 3.61. The third-order valence-corrected chi connectivity index (χ3v) is 3.55. The molecule has 0 aliphatic rings. The molecule has 0 radical (unpaired) electrons. The summed E-state index contributed by atoms with van der Waals surface area (Å²) in [6.07, 6.45) is 5.36. The highest BCUT2D eigenvalue weighted by Gasteiger charge is 2.16. The number of methoxy groups -OCH3 is 1. The molecule has 5 heteroatoms. The first kappa shape index (κ1) is 14.9. The highest BCUT2D eigenvalue weighted by atomic mass is 35.5. The quantitative estimate of drug-likeness (QED) is 0.884. The molecule has 1 N–H and O–H groups in total. The number of halogens is 1. The molecule has 108 valence electrons. The fraction of sp³-hybridized carbons (Fsp3) is 0.400. The highest BCUT2D eigenvalue weighted by molar-refractivity contribution is 6.33. The average Bonchev–Trinajstić information content (AvgIpc) is 2.92. The van der Waals surface area contributed by atoms with Gasteiger partial charge in [-0.25, -0.2) is 4.98 Å². The second-order valence-corrected chi connectivity index (χ2v) is 5.46. The third kappa shape index (κ3) is 3.32. The fourth-order valence-electron chi connectivity index (χ4n) is 2.07. The molecule has 0 fully saturated rings. The second-order valence-electron chi connectivity index (χ2n) is 5.06. The van der Waals surface area contributed by atoms with Gasteiger partial charge < -0.3 is 14.6 Å². The van der Waals surface area contributed by atoms with Crippen molar-refractivity contribution in [2.24, 2.45) is 5.92 Å². The van der Waals surface area contributed by atoms with Crippen molar-refractivity contribution >= 4 is 17.3 Å². The van der Waals surface area contributed by atoms with Crippen LogP contribution in [0.5, 0.6) is 0 Å². The number of hydrogen-bond donors (Lipinski definition) is 1. The fourth-order valence-corrected chi connectivity index (χ4v) is 2.34. The third-order valence-electron chi connectivity index (χ3n) is 3.24. The molecular weight excluding hydrogens is 274 g/mol. The van der Waals surface area contributed by atoms with Gasteiger partial charge in [-0.3, -0.25) is 0 Å². The molecular formula is C15H20ClN3O. The van der Waals surface area contributed by atoms with Crippen molar-refractivity contribution in [3.63, 3.8) is 0 Å².